The van der Waals surface area contributed by atoms with E-state index in [-0.39, 0.29) is 17.9 Å². The number of hydrogen-bond acceptors (Lipinski definition) is 5. The number of rotatable bonds is 7. The summed E-state index contributed by atoms with van der Waals surface area (Å²) in [5, 5.41) is 6.27. The van der Waals surface area contributed by atoms with Crippen LogP contribution in [0.4, 0.5) is 0 Å². The van der Waals surface area contributed by atoms with Gasteiger partial charge in [0.15, 0.2) is 0 Å². The summed E-state index contributed by atoms with van der Waals surface area (Å²) in [5.74, 6) is 0.546. The van der Waals surface area contributed by atoms with Crippen molar-refractivity contribution < 1.29 is 9.59 Å². The van der Waals surface area contributed by atoms with Gasteiger partial charge in [0.05, 0.1) is 6.54 Å². The third-order valence-corrected chi connectivity index (χ3v) is 6.91. The second kappa shape index (κ2) is 8.91. The molecule has 0 radical (unpaired) electrons. The number of piperazine rings is 1. The van der Waals surface area contributed by atoms with Crippen LogP contribution in [0, 0.1) is 12.8 Å². The maximum Gasteiger partial charge on any atom is 0.246 e. The molecule has 3 rings (SSSR count). The standard InChI is InChI=1S/C21H34N4O2S/c1-5-6-9-25-19(26)17(12-15(2)3)23-20(27)21(25)7-10-24(11-8-21)13-18-22-16(4)14-28-18/h14-15,17H,5-13H2,1-4H3,(H,23,27). The second-order valence-corrected chi connectivity index (χ2v) is 9.63. The molecule has 1 spiro atoms. The molecule has 0 aliphatic carbocycles. The normalized spacial score (nSPS) is 22.9. The third kappa shape index (κ3) is 4.40. The SMILES string of the molecule is CCCCN1C(=O)C(CC(C)C)NC(=O)C12CCN(Cc1nc(C)cs1)CC2. The predicted molar refractivity (Wildman–Crippen MR) is 112 cm³/mol. The first-order valence-electron chi connectivity index (χ1n) is 10.6. The maximum absolute atomic E-state index is 13.3. The molecule has 2 saturated heterocycles. The topological polar surface area (TPSA) is 65.5 Å². The van der Waals surface area contributed by atoms with Crippen molar-refractivity contribution in [2.45, 2.75) is 77.9 Å². The molecule has 28 heavy (non-hydrogen) atoms. The Hall–Kier alpha value is -1.47. The largest absolute Gasteiger partial charge is 0.342 e. The summed E-state index contributed by atoms with van der Waals surface area (Å²) >= 11 is 1.69. The Morgan fingerprint density at radius 2 is 2.04 bits per heavy atom. The van der Waals surface area contributed by atoms with Gasteiger partial charge in [-0.2, -0.15) is 0 Å². The number of likely N-dealkylation sites (tertiary alicyclic amines) is 1. The van der Waals surface area contributed by atoms with Crippen LogP contribution < -0.4 is 5.32 Å². The Labute approximate surface area is 172 Å². The number of carbonyl (C=O) groups excluding carboxylic acids is 2. The minimum Gasteiger partial charge on any atom is -0.342 e. The first-order valence-corrected chi connectivity index (χ1v) is 11.5. The number of unbranched alkanes of at least 4 members (excludes halogenated alkanes) is 1. The van der Waals surface area contributed by atoms with Crippen LogP contribution in [0.25, 0.3) is 0 Å². The Balaban J connectivity index is 1.72. The number of thiazole rings is 1. The molecule has 1 atom stereocenters. The number of hydrogen-bond donors (Lipinski definition) is 1. The minimum atomic E-state index is -0.672. The van der Waals surface area contributed by atoms with Crippen LogP contribution in [-0.4, -0.2) is 57.8 Å². The van der Waals surface area contributed by atoms with Crippen molar-refractivity contribution in [3.05, 3.63) is 16.1 Å². The lowest BCUT2D eigenvalue weighted by Gasteiger charge is -2.51. The summed E-state index contributed by atoms with van der Waals surface area (Å²) in [4.78, 5) is 35.3. The highest BCUT2D eigenvalue weighted by atomic mass is 32.1. The number of nitrogens with zero attached hydrogens (tertiary/aromatic N) is 3. The van der Waals surface area contributed by atoms with E-state index in [1.165, 1.54) is 0 Å². The van der Waals surface area contributed by atoms with Gasteiger partial charge < -0.3 is 10.2 Å². The molecule has 1 unspecified atom stereocenters. The summed E-state index contributed by atoms with van der Waals surface area (Å²) in [5.41, 5.74) is 0.391. The van der Waals surface area contributed by atoms with Crippen molar-refractivity contribution in [2.75, 3.05) is 19.6 Å². The number of carbonyl (C=O) groups is 2. The summed E-state index contributed by atoms with van der Waals surface area (Å²) < 4.78 is 0. The van der Waals surface area contributed by atoms with E-state index in [9.17, 15) is 9.59 Å². The lowest BCUT2D eigenvalue weighted by Crippen LogP contribution is -2.73. The van der Waals surface area contributed by atoms with Crippen LogP contribution in [0.15, 0.2) is 5.38 Å². The molecular weight excluding hydrogens is 372 g/mol. The van der Waals surface area contributed by atoms with E-state index in [4.69, 9.17) is 0 Å². The molecule has 6 nitrogen and oxygen atoms in total. The van der Waals surface area contributed by atoms with Crippen molar-refractivity contribution in [1.29, 1.82) is 0 Å². The molecule has 2 aliphatic heterocycles. The van der Waals surface area contributed by atoms with Crippen molar-refractivity contribution >= 4 is 23.2 Å². The molecule has 3 heterocycles. The van der Waals surface area contributed by atoms with E-state index in [0.29, 0.717) is 31.7 Å². The average Bonchev–Trinajstić information content (AvgIpc) is 3.06. The van der Waals surface area contributed by atoms with Gasteiger partial charge in [-0.1, -0.05) is 27.2 Å². The van der Waals surface area contributed by atoms with Crippen molar-refractivity contribution in [3.63, 3.8) is 0 Å². The van der Waals surface area contributed by atoms with Gasteiger partial charge in [0, 0.05) is 30.7 Å². The fourth-order valence-corrected chi connectivity index (χ4v) is 5.21. The minimum absolute atomic E-state index is 0.0543. The fourth-order valence-electron chi connectivity index (χ4n) is 4.39. The van der Waals surface area contributed by atoms with Gasteiger partial charge in [-0.15, -0.1) is 11.3 Å². The monoisotopic (exact) mass is 406 g/mol. The first kappa shape index (κ1) is 21.2. The molecule has 7 heteroatoms. The number of aromatic nitrogens is 1. The summed E-state index contributed by atoms with van der Waals surface area (Å²) in [6.45, 7) is 11.5. The van der Waals surface area contributed by atoms with E-state index in [0.717, 1.165) is 43.2 Å². The molecule has 1 N–H and O–H groups in total. The van der Waals surface area contributed by atoms with Gasteiger partial charge in [0.2, 0.25) is 11.8 Å². The number of nitrogens with one attached hydrogen (secondary N) is 1. The molecular formula is C21H34N4O2S. The summed E-state index contributed by atoms with van der Waals surface area (Å²) in [6, 6.07) is -0.369. The van der Waals surface area contributed by atoms with Crippen molar-refractivity contribution in [3.8, 4) is 0 Å². The molecule has 0 saturated carbocycles. The van der Waals surface area contributed by atoms with Gasteiger partial charge in [-0.3, -0.25) is 14.5 Å². The third-order valence-electron chi connectivity index (χ3n) is 5.96. The van der Waals surface area contributed by atoms with Crippen LogP contribution >= 0.6 is 11.3 Å². The zero-order valence-corrected chi connectivity index (χ0v) is 18.5. The van der Waals surface area contributed by atoms with E-state index in [1.54, 1.807) is 11.3 Å². The van der Waals surface area contributed by atoms with Crippen LogP contribution in [0.2, 0.25) is 0 Å². The Morgan fingerprint density at radius 1 is 1.32 bits per heavy atom. The highest BCUT2D eigenvalue weighted by molar-refractivity contribution is 7.09. The average molecular weight is 407 g/mol. The van der Waals surface area contributed by atoms with E-state index < -0.39 is 5.54 Å². The molecule has 156 valence electrons. The van der Waals surface area contributed by atoms with Gasteiger partial charge in [-0.25, -0.2) is 4.98 Å². The van der Waals surface area contributed by atoms with E-state index in [1.807, 2.05) is 11.8 Å². The lowest BCUT2D eigenvalue weighted by molar-refractivity contribution is -0.161. The van der Waals surface area contributed by atoms with Gasteiger partial charge >= 0.3 is 0 Å². The zero-order valence-electron chi connectivity index (χ0n) is 17.7. The second-order valence-electron chi connectivity index (χ2n) is 8.69. The summed E-state index contributed by atoms with van der Waals surface area (Å²) in [6.07, 6.45) is 4.07. The molecule has 2 amide bonds. The number of amides is 2. The van der Waals surface area contributed by atoms with E-state index >= 15 is 0 Å². The lowest BCUT2D eigenvalue weighted by atomic mass is 9.80. The van der Waals surface area contributed by atoms with E-state index in [2.05, 4.69) is 41.4 Å². The quantitative estimate of drug-likeness (QED) is 0.756. The van der Waals surface area contributed by atoms with Crippen LogP contribution in [0.5, 0.6) is 0 Å². The van der Waals surface area contributed by atoms with Crippen molar-refractivity contribution in [1.82, 2.24) is 20.1 Å². The Bertz CT molecular complexity index is 694. The molecule has 0 bridgehead atoms. The fraction of sp³-hybridized carbons (Fsp3) is 0.762. The van der Waals surface area contributed by atoms with Gasteiger partial charge in [0.25, 0.3) is 0 Å². The van der Waals surface area contributed by atoms with Gasteiger partial charge in [0.1, 0.15) is 16.6 Å². The molecule has 1 aromatic heterocycles. The van der Waals surface area contributed by atoms with Crippen LogP contribution in [0.1, 0.15) is 63.6 Å². The summed E-state index contributed by atoms with van der Waals surface area (Å²) in [7, 11) is 0. The van der Waals surface area contributed by atoms with Gasteiger partial charge in [-0.05, 0) is 38.5 Å². The first-order chi connectivity index (χ1) is 13.4. The van der Waals surface area contributed by atoms with Crippen molar-refractivity contribution in [2.24, 2.45) is 5.92 Å². The number of piperidine rings is 1. The molecule has 1 aromatic rings. The molecule has 2 fully saturated rings. The predicted octanol–water partition coefficient (Wildman–Crippen LogP) is 2.96. The number of aryl methyl sites for hydroxylation is 1. The van der Waals surface area contributed by atoms with Crippen LogP contribution in [-0.2, 0) is 16.1 Å². The Morgan fingerprint density at radius 3 is 2.61 bits per heavy atom. The zero-order chi connectivity index (χ0) is 20.3. The smallest absolute Gasteiger partial charge is 0.246 e. The highest BCUT2D eigenvalue weighted by Gasteiger charge is 2.53. The molecule has 2 aliphatic rings. The Kier molecular flexibility index (Phi) is 6.76. The highest BCUT2D eigenvalue weighted by Crippen LogP contribution is 2.34. The van der Waals surface area contributed by atoms with Crippen LogP contribution in [0.3, 0.4) is 0 Å². The molecule has 0 aromatic carbocycles. The maximum atomic E-state index is 13.3.